The first-order chi connectivity index (χ1) is 7.11. The van der Waals surface area contributed by atoms with Gasteiger partial charge in [-0.25, -0.2) is 8.78 Å². The second-order valence-electron chi connectivity index (χ2n) is 3.92. The number of hydrogen-bond donors (Lipinski definition) is 2. The molecular formula is C11H12F2O2. The topological polar surface area (TPSA) is 40.5 Å². The maximum absolute atomic E-state index is 13.3. The molecule has 0 bridgehead atoms. The van der Waals surface area contributed by atoms with Gasteiger partial charge in [0.05, 0.1) is 6.10 Å². The zero-order valence-electron chi connectivity index (χ0n) is 8.03. The van der Waals surface area contributed by atoms with Gasteiger partial charge in [0.25, 0.3) is 0 Å². The second kappa shape index (κ2) is 3.87. The lowest BCUT2D eigenvalue weighted by atomic mass is 10.0. The van der Waals surface area contributed by atoms with Crippen molar-refractivity contribution in [3.8, 4) is 0 Å². The number of benzene rings is 1. The Morgan fingerprint density at radius 1 is 1.20 bits per heavy atom. The van der Waals surface area contributed by atoms with Crippen molar-refractivity contribution < 1.29 is 19.0 Å². The van der Waals surface area contributed by atoms with E-state index in [1.807, 2.05) is 0 Å². The number of aliphatic hydroxyl groups is 2. The standard InChI is InChI=1S/C11H12F2O2/c12-8-3-1-2-7(9(8)13)11(15)10(14)6-4-5-6/h1-3,6,10-11,14-15H,4-5H2. The van der Waals surface area contributed by atoms with Crippen LogP contribution in [0.4, 0.5) is 8.78 Å². The maximum atomic E-state index is 13.3. The summed E-state index contributed by atoms with van der Waals surface area (Å²) in [6, 6.07) is 3.58. The number of aliphatic hydroxyl groups excluding tert-OH is 2. The van der Waals surface area contributed by atoms with Gasteiger partial charge in [-0.2, -0.15) is 0 Å². The molecule has 0 amide bonds. The van der Waals surface area contributed by atoms with E-state index >= 15 is 0 Å². The predicted molar refractivity (Wildman–Crippen MR) is 50.0 cm³/mol. The monoisotopic (exact) mass is 214 g/mol. The van der Waals surface area contributed by atoms with Gasteiger partial charge in [0.15, 0.2) is 11.6 Å². The zero-order chi connectivity index (χ0) is 11.0. The normalized spacial score (nSPS) is 20.0. The van der Waals surface area contributed by atoms with Crippen molar-refractivity contribution in [3.05, 3.63) is 35.4 Å². The fourth-order valence-corrected chi connectivity index (χ4v) is 1.63. The lowest BCUT2D eigenvalue weighted by Crippen LogP contribution is -2.21. The van der Waals surface area contributed by atoms with Crippen molar-refractivity contribution in [2.75, 3.05) is 0 Å². The minimum absolute atomic E-state index is 0.0164. The molecule has 1 aromatic carbocycles. The summed E-state index contributed by atoms with van der Waals surface area (Å²) in [6.45, 7) is 0. The van der Waals surface area contributed by atoms with Crippen molar-refractivity contribution in [3.63, 3.8) is 0 Å². The number of halogens is 2. The molecule has 82 valence electrons. The van der Waals surface area contributed by atoms with Crippen molar-refractivity contribution in [2.24, 2.45) is 5.92 Å². The lowest BCUT2D eigenvalue weighted by Gasteiger charge is -2.18. The van der Waals surface area contributed by atoms with E-state index in [1.54, 1.807) is 0 Å². The second-order valence-corrected chi connectivity index (χ2v) is 3.92. The van der Waals surface area contributed by atoms with Crippen molar-refractivity contribution in [2.45, 2.75) is 25.0 Å². The molecule has 15 heavy (non-hydrogen) atoms. The van der Waals surface area contributed by atoms with E-state index in [-0.39, 0.29) is 11.5 Å². The molecule has 0 aromatic heterocycles. The van der Waals surface area contributed by atoms with Gasteiger partial charge in [0.2, 0.25) is 0 Å². The minimum atomic E-state index is -1.34. The first-order valence-electron chi connectivity index (χ1n) is 4.91. The maximum Gasteiger partial charge on any atom is 0.164 e. The van der Waals surface area contributed by atoms with Crippen LogP contribution in [-0.4, -0.2) is 16.3 Å². The fourth-order valence-electron chi connectivity index (χ4n) is 1.63. The van der Waals surface area contributed by atoms with Gasteiger partial charge in [-0.1, -0.05) is 12.1 Å². The van der Waals surface area contributed by atoms with Crippen molar-refractivity contribution >= 4 is 0 Å². The van der Waals surface area contributed by atoms with Crippen molar-refractivity contribution in [1.82, 2.24) is 0 Å². The molecule has 2 rings (SSSR count). The largest absolute Gasteiger partial charge is 0.390 e. The Hall–Kier alpha value is -1.00. The van der Waals surface area contributed by atoms with E-state index in [1.165, 1.54) is 12.1 Å². The van der Waals surface area contributed by atoms with Crippen LogP contribution in [0.15, 0.2) is 18.2 Å². The van der Waals surface area contributed by atoms with E-state index in [0.29, 0.717) is 0 Å². The SMILES string of the molecule is OC(c1cccc(F)c1F)C(O)C1CC1. The molecule has 4 heteroatoms. The van der Waals surface area contributed by atoms with Crippen molar-refractivity contribution in [1.29, 1.82) is 0 Å². The highest BCUT2D eigenvalue weighted by Crippen LogP contribution is 2.38. The highest BCUT2D eigenvalue weighted by atomic mass is 19.2. The van der Waals surface area contributed by atoms with E-state index in [2.05, 4.69) is 0 Å². The third kappa shape index (κ3) is 2.01. The molecule has 0 saturated heterocycles. The molecule has 2 nitrogen and oxygen atoms in total. The third-order valence-electron chi connectivity index (χ3n) is 2.73. The first kappa shape index (κ1) is 10.5. The van der Waals surface area contributed by atoms with E-state index in [0.717, 1.165) is 18.9 Å². The van der Waals surface area contributed by atoms with Crippen LogP contribution in [0.1, 0.15) is 24.5 Å². The average Bonchev–Trinajstić information content (AvgIpc) is 3.03. The average molecular weight is 214 g/mol. The Morgan fingerprint density at radius 2 is 1.87 bits per heavy atom. The van der Waals surface area contributed by atoms with Crippen LogP contribution < -0.4 is 0 Å². The molecule has 2 atom stereocenters. The van der Waals surface area contributed by atoms with Crippen LogP contribution in [0.25, 0.3) is 0 Å². The van der Waals surface area contributed by atoms with Crippen LogP contribution in [-0.2, 0) is 0 Å². The van der Waals surface area contributed by atoms with Gasteiger partial charge in [0, 0.05) is 5.56 Å². The van der Waals surface area contributed by atoms with E-state index < -0.39 is 23.8 Å². The molecule has 1 aliphatic rings. The van der Waals surface area contributed by atoms with Crippen LogP contribution >= 0.6 is 0 Å². The van der Waals surface area contributed by atoms with Crippen LogP contribution in [0.5, 0.6) is 0 Å². The molecule has 1 aromatic rings. The highest BCUT2D eigenvalue weighted by Gasteiger charge is 2.36. The van der Waals surface area contributed by atoms with Crippen LogP contribution in [0.2, 0.25) is 0 Å². The summed E-state index contributed by atoms with van der Waals surface area (Å²) in [5.41, 5.74) is -0.172. The number of hydrogen-bond acceptors (Lipinski definition) is 2. The Kier molecular flexibility index (Phi) is 2.71. The van der Waals surface area contributed by atoms with Gasteiger partial charge in [0.1, 0.15) is 6.10 Å². The van der Waals surface area contributed by atoms with E-state index in [4.69, 9.17) is 0 Å². The summed E-state index contributed by atoms with van der Waals surface area (Å²) < 4.78 is 26.1. The lowest BCUT2D eigenvalue weighted by molar-refractivity contribution is 0.00258. The molecule has 1 fully saturated rings. The first-order valence-corrected chi connectivity index (χ1v) is 4.91. The van der Waals surface area contributed by atoms with E-state index in [9.17, 15) is 19.0 Å². The molecule has 0 spiro atoms. The molecule has 2 N–H and O–H groups in total. The molecule has 0 aliphatic heterocycles. The predicted octanol–water partition coefficient (Wildman–Crippen LogP) is 1.77. The summed E-state index contributed by atoms with van der Waals surface area (Å²) in [5.74, 6) is -2.07. The molecule has 2 unspecified atom stereocenters. The number of rotatable bonds is 3. The quantitative estimate of drug-likeness (QED) is 0.805. The fraction of sp³-hybridized carbons (Fsp3) is 0.455. The summed E-state index contributed by atoms with van der Waals surface area (Å²) in [6.07, 6.45) is -0.681. The van der Waals surface area contributed by atoms with Crippen LogP contribution in [0.3, 0.4) is 0 Å². The third-order valence-corrected chi connectivity index (χ3v) is 2.73. The molecular weight excluding hydrogens is 202 g/mol. The summed E-state index contributed by atoms with van der Waals surface area (Å²) >= 11 is 0. The zero-order valence-corrected chi connectivity index (χ0v) is 8.03. The smallest absolute Gasteiger partial charge is 0.164 e. The summed E-state index contributed by atoms with van der Waals surface area (Å²) in [5, 5.41) is 19.2. The van der Waals surface area contributed by atoms with Gasteiger partial charge >= 0.3 is 0 Å². The van der Waals surface area contributed by atoms with Gasteiger partial charge in [-0.05, 0) is 24.8 Å². The minimum Gasteiger partial charge on any atom is -0.390 e. The Labute approximate surface area is 86.2 Å². The highest BCUT2D eigenvalue weighted by molar-refractivity contribution is 5.22. The molecule has 0 radical (unpaired) electrons. The molecule has 1 aliphatic carbocycles. The Morgan fingerprint density at radius 3 is 2.47 bits per heavy atom. The van der Waals surface area contributed by atoms with Gasteiger partial charge < -0.3 is 10.2 Å². The van der Waals surface area contributed by atoms with Crippen LogP contribution in [0, 0.1) is 17.6 Å². The van der Waals surface area contributed by atoms with Gasteiger partial charge in [-0.3, -0.25) is 0 Å². The Bertz CT molecular complexity index is 364. The summed E-state index contributed by atoms with van der Waals surface area (Å²) in [7, 11) is 0. The van der Waals surface area contributed by atoms with Gasteiger partial charge in [-0.15, -0.1) is 0 Å². The molecule has 0 heterocycles. The summed E-state index contributed by atoms with van der Waals surface area (Å²) in [4.78, 5) is 0. The Balaban J connectivity index is 2.24. The molecule has 1 saturated carbocycles.